The SMILES string of the molecule is CCN(C(=O)C(=O)Nc1ccc(OC(C)C)cc1)c1ccccc1. The Bertz CT molecular complexity index is 682. The molecule has 0 saturated heterocycles. The third-order valence-corrected chi connectivity index (χ3v) is 3.31. The largest absolute Gasteiger partial charge is 0.491 e. The zero-order valence-corrected chi connectivity index (χ0v) is 14.2. The highest BCUT2D eigenvalue weighted by Gasteiger charge is 2.22. The van der Waals surface area contributed by atoms with E-state index < -0.39 is 11.8 Å². The highest BCUT2D eigenvalue weighted by molar-refractivity contribution is 6.44. The first-order valence-electron chi connectivity index (χ1n) is 7.96. The fraction of sp³-hybridized carbons (Fsp3) is 0.263. The molecule has 126 valence electrons. The van der Waals surface area contributed by atoms with E-state index in [0.717, 1.165) is 0 Å². The van der Waals surface area contributed by atoms with Crippen LogP contribution in [-0.2, 0) is 9.59 Å². The molecule has 1 N–H and O–H groups in total. The number of nitrogens with zero attached hydrogens (tertiary/aromatic N) is 1. The highest BCUT2D eigenvalue weighted by Crippen LogP contribution is 2.18. The van der Waals surface area contributed by atoms with E-state index in [1.54, 1.807) is 36.4 Å². The summed E-state index contributed by atoms with van der Waals surface area (Å²) in [7, 11) is 0. The molecule has 0 spiro atoms. The number of carbonyl (C=O) groups is 2. The third-order valence-electron chi connectivity index (χ3n) is 3.31. The molecule has 0 atom stereocenters. The molecule has 2 rings (SSSR count). The lowest BCUT2D eigenvalue weighted by atomic mass is 10.2. The lowest BCUT2D eigenvalue weighted by Crippen LogP contribution is -2.39. The Balaban J connectivity index is 2.04. The van der Waals surface area contributed by atoms with Crippen LogP contribution in [0.4, 0.5) is 11.4 Å². The molecule has 0 fully saturated rings. The first kappa shape index (κ1) is 17.5. The number of ether oxygens (including phenoxy) is 1. The van der Waals surface area contributed by atoms with Gasteiger partial charge in [0, 0.05) is 17.9 Å². The van der Waals surface area contributed by atoms with Crippen LogP contribution < -0.4 is 15.0 Å². The van der Waals surface area contributed by atoms with Gasteiger partial charge in [0.25, 0.3) is 0 Å². The summed E-state index contributed by atoms with van der Waals surface area (Å²) < 4.78 is 5.55. The number of carbonyl (C=O) groups excluding carboxylic acids is 2. The van der Waals surface area contributed by atoms with Crippen molar-refractivity contribution in [2.45, 2.75) is 26.9 Å². The lowest BCUT2D eigenvalue weighted by Gasteiger charge is -2.20. The van der Waals surface area contributed by atoms with Gasteiger partial charge in [-0.05, 0) is 57.2 Å². The smallest absolute Gasteiger partial charge is 0.316 e. The molecule has 0 aliphatic rings. The maximum Gasteiger partial charge on any atom is 0.316 e. The zero-order valence-electron chi connectivity index (χ0n) is 14.2. The molecule has 5 heteroatoms. The molecule has 0 aliphatic heterocycles. The van der Waals surface area contributed by atoms with Gasteiger partial charge >= 0.3 is 11.8 Å². The van der Waals surface area contributed by atoms with E-state index in [2.05, 4.69) is 5.32 Å². The number of amides is 2. The molecular weight excluding hydrogens is 304 g/mol. The molecule has 0 aliphatic carbocycles. The van der Waals surface area contributed by atoms with Gasteiger partial charge in [-0.3, -0.25) is 9.59 Å². The molecule has 5 nitrogen and oxygen atoms in total. The van der Waals surface area contributed by atoms with Crippen LogP contribution in [-0.4, -0.2) is 24.5 Å². The normalized spacial score (nSPS) is 10.3. The van der Waals surface area contributed by atoms with Gasteiger partial charge in [0.2, 0.25) is 0 Å². The molecule has 0 bridgehead atoms. The Morgan fingerprint density at radius 3 is 2.21 bits per heavy atom. The summed E-state index contributed by atoms with van der Waals surface area (Å²) in [4.78, 5) is 26.0. The van der Waals surface area contributed by atoms with Gasteiger partial charge in [0.1, 0.15) is 5.75 Å². The Morgan fingerprint density at radius 1 is 1.04 bits per heavy atom. The van der Waals surface area contributed by atoms with E-state index in [-0.39, 0.29) is 6.10 Å². The van der Waals surface area contributed by atoms with Gasteiger partial charge in [-0.2, -0.15) is 0 Å². The van der Waals surface area contributed by atoms with Gasteiger partial charge in [0.15, 0.2) is 0 Å². The minimum Gasteiger partial charge on any atom is -0.491 e. The molecule has 2 aromatic rings. The van der Waals surface area contributed by atoms with Crippen LogP contribution in [0.1, 0.15) is 20.8 Å². The van der Waals surface area contributed by atoms with E-state index >= 15 is 0 Å². The average Bonchev–Trinajstić information content (AvgIpc) is 2.57. The number of hydrogen-bond donors (Lipinski definition) is 1. The summed E-state index contributed by atoms with van der Waals surface area (Å²) >= 11 is 0. The monoisotopic (exact) mass is 326 g/mol. The fourth-order valence-corrected chi connectivity index (χ4v) is 2.25. The molecule has 0 unspecified atom stereocenters. The van der Waals surface area contributed by atoms with Crippen LogP contribution in [0.15, 0.2) is 54.6 Å². The Labute approximate surface area is 142 Å². The van der Waals surface area contributed by atoms with Gasteiger partial charge in [0.05, 0.1) is 6.10 Å². The van der Waals surface area contributed by atoms with Crippen molar-refractivity contribution < 1.29 is 14.3 Å². The molecule has 24 heavy (non-hydrogen) atoms. The van der Waals surface area contributed by atoms with Crippen molar-refractivity contribution >= 4 is 23.2 Å². The quantitative estimate of drug-likeness (QED) is 0.856. The van der Waals surface area contributed by atoms with Crippen LogP contribution in [0.5, 0.6) is 5.75 Å². The van der Waals surface area contributed by atoms with Crippen LogP contribution in [0.2, 0.25) is 0 Å². The van der Waals surface area contributed by atoms with Gasteiger partial charge in [-0.25, -0.2) is 0 Å². The number of anilines is 2. The summed E-state index contributed by atoms with van der Waals surface area (Å²) in [6.45, 7) is 6.13. The van der Waals surface area contributed by atoms with E-state index in [4.69, 9.17) is 4.74 Å². The Morgan fingerprint density at radius 2 is 1.67 bits per heavy atom. The van der Waals surface area contributed by atoms with Gasteiger partial charge in [-0.15, -0.1) is 0 Å². The summed E-state index contributed by atoms with van der Waals surface area (Å²) in [5.74, 6) is -0.543. The number of rotatable bonds is 5. The van der Waals surface area contributed by atoms with E-state index in [0.29, 0.717) is 23.7 Å². The van der Waals surface area contributed by atoms with Crippen molar-refractivity contribution in [1.29, 1.82) is 0 Å². The molecule has 2 aromatic carbocycles. The number of para-hydroxylation sites is 1. The van der Waals surface area contributed by atoms with Crippen molar-refractivity contribution in [2.24, 2.45) is 0 Å². The molecule has 0 heterocycles. The minimum atomic E-state index is -0.668. The highest BCUT2D eigenvalue weighted by atomic mass is 16.5. The first-order valence-corrected chi connectivity index (χ1v) is 7.96. The average molecular weight is 326 g/mol. The second-order valence-corrected chi connectivity index (χ2v) is 5.53. The summed E-state index contributed by atoms with van der Waals surface area (Å²) in [5, 5.41) is 2.62. The van der Waals surface area contributed by atoms with Crippen molar-refractivity contribution in [3.63, 3.8) is 0 Å². The maximum absolute atomic E-state index is 12.4. The fourth-order valence-electron chi connectivity index (χ4n) is 2.25. The second-order valence-electron chi connectivity index (χ2n) is 5.53. The van der Waals surface area contributed by atoms with Crippen molar-refractivity contribution in [3.05, 3.63) is 54.6 Å². The topological polar surface area (TPSA) is 58.6 Å². The molecule has 2 amide bonds. The van der Waals surface area contributed by atoms with E-state index in [1.165, 1.54) is 4.90 Å². The second kappa shape index (κ2) is 8.15. The number of hydrogen-bond acceptors (Lipinski definition) is 3. The third kappa shape index (κ3) is 4.59. The zero-order chi connectivity index (χ0) is 17.5. The first-order chi connectivity index (χ1) is 11.5. The summed E-state index contributed by atoms with van der Waals surface area (Å²) in [5.41, 5.74) is 1.24. The van der Waals surface area contributed by atoms with Crippen LogP contribution in [0.3, 0.4) is 0 Å². The molecule has 0 aromatic heterocycles. The standard InChI is InChI=1S/C19H22N2O3/c1-4-21(16-8-6-5-7-9-16)19(23)18(22)20-15-10-12-17(13-11-15)24-14(2)3/h5-14H,4H2,1-3H3,(H,20,22). The number of nitrogens with one attached hydrogen (secondary N) is 1. The Hall–Kier alpha value is -2.82. The predicted octanol–water partition coefficient (Wildman–Crippen LogP) is 3.47. The number of likely N-dealkylation sites (N-methyl/N-ethyl adjacent to an activating group) is 1. The summed E-state index contributed by atoms with van der Waals surface area (Å²) in [6.07, 6.45) is 0.0796. The molecule has 0 saturated carbocycles. The van der Waals surface area contributed by atoms with E-state index in [9.17, 15) is 9.59 Å². The van der Waals surface area contributed by atoms with Crippen molar-refractivity contribution in [3.8, 4) is 5.75 Å². The number of benzene rings is 2. The lowest BCUT2D eigenvalue weighted by molar-refractivity contribution is -0.134. The predicted molar refractivity (Wildman–Crippen MR) is 95.3 cm³/mol. The molecular formula is C19H22N2O3. The van der Waals surface area contributed by atoms with Crippen molar-refractivity contribution in [1.82, 2.24) is 0 Å². The van der Waals surface area contributed by atoms with Crippen LogP contribution in [0, 0.1) is 0 Å². The van der Waals surface area contributed by atoms with Crippen LogP contribution >= 0.6 is 0 Å². The van der Waals surface area contributed by atoms with Crippen molar-refractivity contribution in [2.75, 3.05) is 16.8 Å². The van der Waals surface area contributed by atoms with E-state index in [1.807, 2.05) is 39.0 Å². The molecule has 0 radical (unpaired) electrons. The van der Waals surface area contributed by atoms with Gasteiger partial charge < -0.3 is 15.0 Å². The Kier molecular flexibility index (Phi) is 5.95. The minimum absolute atomic E-state index is 0.0796. The maximum atomic E-state index is 12.4. The van der Waals surface area contributed by atoms with Gasteiger partial charge in [-0.1, -0.05) is 18.2 Å². The summed E-state index contributed by atoms with van der Waals surface area (Å²) in [6, 6.07) is 16.1. The van der Waals surface area contributed by atoms with Crippen LogP contribution in [0.25, 0.3) is 0 Å².